The van der Waals surface area contributed by atoms with Crippen LogP contribution in [-0.2, 0) is 6.54 Å². The summed E-state index contributed by atoms with van der Waals surface area (Å²) in [6.45, 7) is 4.62. The molecule has 1 aromatic carbocycles. The number of pyridine rings is 1. The first-order valence-corrected chi connectivity index (χ1v) is 10.1. The van der Waals surface area contributed by atoms with Crippen LogP contribution in [0.25, 0.3) is 5.65 Å². The highest BCUT2D eigenvalue weighted by atomic mass is 32.2. The zero-order valence-electron chi connectivity index (χ0n) is 16.1. The number of hydrogen-bond acceptors (Lipinski definition) is 5. The van der Waals surface area contributed by atoms with E-state index < -0.39 is 0 Å². The van der Waals surface area contributed by atoms with Gasteiger partial charge in [-0.25, -0.2) is 4.79 Å². The third-order valence-corrected chi connectivity index (χ3v) is 5.40. The number of H-pyrrole nitrogens is 1. The minimum atomic E-state index is -0.290. The van der Waals surface area contributed by atoms with Gasteiger partial charge in [-0.15, -0.1) is 10.2 Å². The molecule has 0 bridgehead atoms. The molecule has 0 atom stereocenters. The SMILES string of the molecule is CC(C)c1nnc2ccc(Sc3ccccc3CNC(=O)Nc3ccn[nH]3)cn12. The molecule has 9 heteroatoms. The summed E-state index contributed by atoms with van der Waals surface area (Å²) in [5.74, 6) is 1.77. The van der Waals surface area contributed by atoms with Gasteiger partial charge < -0.3 is 5.32 Å². The number of carbonyl (C=O) groups excluding carboxylic acids is 1. The molecule has 2 amide bonds. The number of anilines is 1. The number of rotatable bonds is 6. The second-order valence-electron chi connectivity index (χ2n) is 6.79. The first-order valence-electron chi connectivity index (χ1n) is 9.25. The van der Waals surface area contributed by atoms with E-state index in [-0.39, 0.29) is 11.9 Å². The van der Waals surface area contributed by atoms with Crippen LogP contribution in [0.2, 0.25) is 0 Å². The standard InChI is InChI=1S/C20H21N7OS/c1-13(2)19-26-25-18-8-7-15(12-27(18)19)29-16-6-4-3-5-14(16)11-21-20(28)23-17-9-10-22-24-17/h3-10,12-13H,11H2,1-2H3,(H3,21,22,23,24,28). The second-order valence-corrected chi connectivity index (χ2v) is 7.91. The van der Waals surface area contributed by atoms with Crippen molar-refractivity contribution in [2.45, 2.75) is 36.1 Å². The Morgan fingerprint density at radius 2 is 2.03 bits per heavy atom. The molecule has 0 unspecified atom stereocenters. The van der Waals surface area contributed by atoms with Crippen molar-refractivity contribution >= 4 is 29.3 Å². The molecule has 4 rings (SSSR count). The number of aromatic nitrogens is 5. The van der Waals surface area contributed by atoms with E-state index in [0.29, 0.717) is 12.4 Å². The molecule has 0 fully saturated rings. The Morgan fingerprint density at radius 1 is 1.17 bits per heavy atom. The average Bonchev–Trinajstić information content (AvgIpc) is 3.36. The van der Waals surface area contributed by atoms with Crippen molar-refractivity contribution < 1.29 is 4.79 Å². The summed E-state index contributed by atoms with van der Waals surface area (Å²) in [6.07, 6.45) is 3.64. The summed E-state index contributed by atoms with van der Waals surface area (Å²) in [6, 6.07) is 13.4. The van der Waals surface area contributed by atoms with E-state index in [1.165, 1.54) is 0 Å². The molecule has 0 aliphatic rings. The Hall–Kier alpha value is -3.33. The van der Waals surface area contributed by atoms with E-state index in [1.807, 2.05) is 40.8 Å². The van der Waals surface area contributed by atoms with Crippen molar-refractivity contribution in [2.24, 2.45) is 0 Å². The lowest BCUT2D eigenvalue weighted by Gasteiger charge is -2.11. The second kappa shape index (κ2) is 8.36. The van der Waals surface area contributed by atoms with Gasteiger partial charge in [-0.3, -0.25) is 14.8 Å². The maximum atomic E-state index is 12.1. The highest BCUT2D eigenvalue weighted by Gasteiger charge is 2.11. The highest BCUT2D eigenvalue weighted by Crippen LogP contribution is 2.31. The van der Waals surface area contributed by atoms with Gasteiger partial charge in [0, 0.05) is 34.5 Å². The molecule has 0 saturated carbocycles. The molecule has 0 aliphatic carbocycles. The number of nitrogens with one attached hydrogen (secondary N) is 3. The number of aromatic amines is 1. The molecule has 0 radical (unpaired) electrons. The Morgan fingerprint density at radius 3 is 2.83 bits per heavy atom. The minimum absolute atomic E-state index is 0.287. The van der Waals surface area contributed by atoms with Gasteiger partial charge in [0.1, 0.15) is 11.6 Å². The zero-order valence-corrected chi connectivity index (χ0v) is 16.9. The maximum absolute atomic E-state index is 12.1. The number of carbonyl (C=O) groups is 1. The molecule has 8 nitrogen and oxygen atoms in total. The Labute approximate surface area is 172 Å². The fourth-order valence-corrected chi connectivity index (χ4v) is 3.85. The first kappa shape index (κ1) is 19.0. The van der Waals surface area contributed by atoms with Crippen LogP contribution in [0.5, 0.6) is 0 Å². The normalized spacial score (nSPS) is 11.1. The van der Waals surface area contributed by atoms with Gasteiger partial charge in [0.05, 0.1) is 6.20 Å². The van der Waals surface area contributed by atoms with E-state index in [9.17, 15) is 4.79 Å². The van der Waals surface area contributed by atoms with Crippen LogP contribution in [0.4, 0.5) is 10.6 Å². The highest BCUT2D eigenvalue weighted by molar-refractivity contribution is 7.99. The smallest absolute Gasteiger partial charge is 0.320 e. The van der Waals surface area contributed by atoms with Crippen molar-refractivity contribution in [3.05, 3.63) is 66.2 Å². The van der Waals surface area contributed by atoms with Crippen LogP contribution in [0, 0.1) is 0 Å². The molecule has 29 heavy (non-hydrogen) atoms. The predicted molar refractivity (Wildman–Crippen MR) is 112 cm³/mol. The summed E-state index contributed by atoms with van der Waals surface area (Å²) in [4.78, 5) is 14.2. The Bertz CT molecular complexity index is 1120. The average molecular weight is 408 g/mol. The molecule has 4 aromatic rings. The zero-order chi connectivity index (χ0) is 20.2. The summed E-state index contributed by atoms with van der Waals surface area (Å²) in [5, 5.41) is 20.6. The van der Waals surface area contributed by atoms with E-state index in [0.717, 1.165) is 26.8 Å². The lowest BCUT2D eigenvalue weighted by molar-refractivity contribution is 0.251. The van der Waals surface area contributed by atoms with Gasteiger partial charge in [0.15, 0.2) is 5.65 Å². The monoisotopic (exact) mass is 407 g/mol. The van der Waals surface area contributed by atoms with Crippen molar-refractivity contribution in [1.82, 2.24) is 30.1 Å². The number of amides is 2. The minimum Gasteiger partial charge on any atom is -0.334 e. The molecular formula is C20H21N7OS. The van der Waals surface area contributed by atoms with Crippen molar-refractivity contribution in [3.8, 4) is 0 Å². The molecule has 0 spiro atoms. The Balaban J connectivity index is 1.49. The number of nitrogens with zero attached hydrogens (tertiary/aromatic N) is 4. The molecule has 0 saturated heterocycles. The lowest BCUT2D eigenvalue weighted by atomic mass is 10.2. The van der Waals surface area contributed by atoms with Crippen molar-refractivity contribution in [3.63, 3.8) is 0 Å². The summed E-state index contributed by atoms with van der Waals surface area (Å²) >= 11 is 1.65. The van der Waals surface area contributed by atoms with Gasteiger partial charge in [-0.1, -0.05) is 43.8 Å². The molecule has 3 N–H and O–H groups in total. The van der Waals surface area contributed by atoms with E-state index >= 15 is 0 Å². The molecule has 148 valence electrons. The van der Waals surface area contributed by atoms with Crippen LogP contribution in [-0.4, -0.2) is 30.8 Å². The largest absolute Gasteiger partial charge is 0.334 e. The van der Waals surface area contributed by atoms with Gasteiger partial charge in [0.2, 0.25) is 0 Å². The van der Waals surface area contributed by atoms with Crippen LogP contribution in [0.3, 0.4) is 0 Å². The van der Waals surface area contributed by atoms with Crippen LogP contribution < -0.4 is 10.6 Å². The number of urea groups is 1. The maximum Gasteiger partial charge on any atom is 0.320 e. The number of hydrogen-bond donors (Lipinski definition) is 3. The number of benzene rings is 1. The van der Waals surface area contributed by atoms with E-state index in [2.05, 4.69) is 51.1 Å². The fourth-order valence-electron chi connectivity index (χ4n) is 2.89. The van der Waals surface area contributed by atoms with Crippen LogP contribution in [0.1, 0.15) is 31.2 Å². The quantitative estimate of drug-likeness (QED) is 0.448. The first-order chi connectivity index (χ1) is 14.1. The predicted octanol–water partition coefficient (Wildman–Crippen LogP) is 4.05. The molecule has 3 heterocycles. The van der Waals surface area contributed by atoms with Crippen molar-refractivity contribution in [2.75, 3.05) is 5.32 Å². The number of fused-ring (bicyclic) bond motifs is 1. The molecular weight excluding hydrogens is 386 g/mol. The Kier molecular flexibility index (Phi) is 5.48. The topological polar surface area (TPSA) is 100 Å². The third-order valence-electron chi connectivity index (χ3n) is 4.31. The van der Waals surface area contributed by atoms with Crippen molar-refractivity contribution in [1.29, 1.82) is 0 Å². The van der Waals surface area contributed by atoms with Crippen LogP contribution >= 0.6 is 11.8 Å². The van der Waals surface area contributed by atoms with Gasteiger partial charge in [0.25, 0.3) is 0 Å². The lowest BCUT2D eigenvalue weighted by Crippen LogP contribution is -2.28. The summed E-state index contributed by atoms with van der Waals surface area (Å²) in [7, 11) is 0. The van der Waals surface area contributed by atoms with Gasteiger partial charge in [-0.2, -0.15) is 5.10 Å². The summed E-state index contributed by atoms with van der Waals surface area (Å²) < 4.78 is 2.03. The molecule has 0 aliphatic heterocycles. The van der Waals surface area contributed by atoms with Gasteiger partial charge >= 0.3 is 6.03 Å². The third kappa shape index (κ3) is 4.40. The van der Waals surface area contributed by atoms with E-state index in [1.54, 1.807) is 24.0 Å². The molecule has 3 aromatic heterocycles. The summed E-state index contributed by atoms with van der Waals surface area (Å²) in [5.41, 5.74) is 1.87. The van der Waals surface area contributed by atoms with E-state index in [4.69, 9.17) is 0 Å². The van der Waals surface area contributed by atoms with Crippen LogP contribution in [0.15, 0.2) is 64.6 Å². The van der Waals surface area contributed by atoms with Gasteiger partial charge in [-0.05, 0) is 23.8 Å². The fraction of sp³-hybridized carbons (Fsp3) is 0.200.